The lowest BCUT2D eigenvalue weighted by molar-refractivity contribution is -0.133. The molecule has 0 N–H and O–H groups in total. The Labute approximate surface area is 136 Å². The monoisotopic (exact) mass is 316 g/mol. The Hall–Kier alpha value is -2.11. The highest BCUT2D eigenvalue weighted by Gasteiger charge is 2.34. The lowest BCUT2D eigenvalue weighted by Crippen LogP contribution is -2.40. The molecule has 3 heterocycles. The molecule has 2 aromatic rings. The van der Waals surface area contributed by atoms with Crippen LogP contribution in [-0.4, -0.2) is 38.3 Å². The van der Waals surface area contributed by atoms with E-state index < -0.39 is 0 Å². The van der Waals surface area contributed by atoms with Crippen molar-refractivity contribution in [2.75, 3.05) is 6.54 Å². The fourth-order valence-corrected chi connectivity index (χ4v) is 3.58. The minimum absolute atomic E-state index is 0.158. The molecule has 6 nitrogen and oxygen atoms in total. The molecule has 1 amide bonds. The van der Waals surface area contributed by atoms with Gasteiger partial charge in [-0.15, -0.1) is 0 Å². The van der Waals surface area contributed by atoms with Gasteiger partial charge >= 0.3 is 0 Å². The van der Waals surface area contributed by atoms with E-state index in [1.807, 2.05) is 49.7 Å². The molecule has 0 spiro atoms. The zero-order valence-corrected chi connectivity index (χ0v) is 14.2. The Bertz CT molecular complexity index is 684. The summed E-state index contributed by atoms with van der Waals surface area (Å²) in [5.74, 6) is 0.675. The van der Waals surface area contributed by atoms with E-state index in [9.17, 15) is 4.79 Å². The van der Waals surface area contributed by atoms with Crippen molar-refractivity contribution in [2.45, 2.75) is 59.0 Å². The number of likely N-dealkylation sites (tertiary alicyclic amines) is 1. The van der Waals surface area contributed by atoms with Crippen LogP contribution < -0.4 is 0 Å². The highest BCUT2D eigenvalue weighted by Crippen LogP contribution is 2.28. The van der Waals surface area contributed by atoms with Gasteiger partial charge in [-0.1, -0.05) is 5.16 Å². The van der Waals surface area contributed by atoms with Crippen LogP contribution in [-0.2, 0) is 11.3 Å². The maximum Gasteiger partial charge on any atom is 0.230 e. The molecule has 2 aromatic heterocycles. The molecule has 124 valence electrons. The van der Waals surface area contributed by atoms with E-state index in [1.54, 1.807) is 0 Å². The summed E-state index contributed by atoms with van der Waals surface area (Å²) in [6.07, 6.45) is 5.95. The molecule has 0 unspecified atom stereocenters. The van der Waals surface area contributed by atoms with Crippen LogP contribution in [0.25, 0.3) is 0 Å². The van der Waals surface area contributed by atoms with Gasteiger partial charge in [-0.2, -0.15) is 5.10 Å². The zero-order chi connectivity index (χ0) is 16.6. The molecule has 1 saturated heterocycles. The van der Waals surface area contributed by atoms with E-state index in [-0.39, 0.29) is 17.9 Å². The third-order valence-corrected chi connectivity index (χ3v) is 4.71. The summed E-state index contributed by atoms with van der Waals surface area (Å²) < 4.78 is 7.16. The van der Waals surface area contributed by atoms with Gasteiger partial charge in [0.05, 0.1) is 30.4 Å². The van der Waals surface area contributed by atoms with Crippen LogP contribution in [0.1, 0.15) is 48.3 Å². The topological polar surface area (TPSA) is 64.2 Å². The van der Waals surface area contributed by atoms with Crippen LogP contribution in [0.3, 0.4) is 0 Å². The molecular weight excluding hydrogens is 292 g/mol. The van der Waals surface area contributed by atoms with Gasteiger partial charge in [0.25, 0.3) is 0 Å². The normalized spacial score (nSPS) is 19.3. The van der Waals surface area contributed by atoms with Gasteiger partial charge < -0.3 is 9.42 Å². The molecule has 1 aliphatic rings. The predicted octanol–water partition coefficient (Wildman–Crippen LogP) is 2.59. The lowest BCUT2D eigenvalue weighted by atomic mass is 9.97. The number of nitrogens with zero attached hydrogens (tertiary/aromatic N) is 4. The third kappa shape index (κ3) is 3.02. The molecule has 23 heavy (non-hydrogen) atoms. The Morgan fingerprint density at radius 2 is 2.22 bits per heavy atom. The summed E-state index contributed by atoms with van der Waals surface area (Å²) in [6.45, 7) is 9.31. The van der Waals surface area contributed by atoms with Gasteiger partial charge in [0.15, 0.2) is 0 Å². The van der Waals surface area contributed by atoms with Gasteiger partial charge in [-0.3, -0.25) is 9.48 Å². The Balaban J connectivity index is 1.75. The number of carbonyl (C=O) groups is 1. The summed E-state index contributed by atoms with van der Waals surface area (Å²) in [5.41, 5.74) is 2.88. The average molecular weight is 316 g/mol. The van der Waals surface area contributed by atoms with E-state index in [2.05, 4.69) is 10.3 Å². The first kappa shape index (κ1) is 15.8. The average Bonchev–Trinajstić information content (AvgIpc) is 3.21. The first-order valence-corrected chi connectivity index (χ1v) is 8.19. The van der Waals surface area contributed by atoms with E-state index in [1.165, 1.54) is 0 Å². The second-order valence-corrected chi connectivity index (χ2v) is 6.53. The molecule has 6 heteroatoms. The fourth-order valence-electron chi connectivity index (χ4n) is 3.58. The Kier molecular flexibility index (Phi) is 4.24. The second-order valence-electron chi connectivity index (χ2n) is 6.53. The maximum atomic E-state index is 13.0. The summed E-state index contributed by atoms with van der Waals surface area (Å²) in [6, 6.07) is 0.213. The largest absolute Gasteiger partial charge is 0.361 e. The fraction of sp³-hybridized carbons (Fsp3) is 0.588. The van der Waals surface area contributed by atoms with Crippen molar-refractivity contribution in [2.24, 2.45) is 0 Å². The zero-order valence-electron chi connectivity index (χ0n) is 14.2. The number of aromatic nitrogens is 3. The van der Waals surface area contributed by atoms with E-state index in [4.69, 9.17) is 4.52 Å². The van der Waals surface area contributed by atoms with Crippen molar-refractivity contribution in [3.63, 3.8) is 0 Å². The third-order valence-electron chi connectivity index (χ3n) is 4.71. The van der Waals surface area contributed by atoms with E-state index in [0.717, 1.165) is 48.5 Å². The molecule has 2 atom stereocenters. The first-order valence-electron chi connectivity index (χ1n) is 8.19. The van der Waals surface area contributed by atoms with Crippen LogP contribution in [0, 0.1) is 20.8 Å². The first-order chi connectivity index (χ1) is 11.0. The number of hydrogen-bond donors (Lipinski definition) is 0. The van der Waals surface area contributed by atoms with Gasteiger partial charge in [0.2, 0.25) is 5.91 Å². The maximum absolute atomic E-state index is 13.0. The molecular formula is C17H24N4O2. The van der Waals surface area contributed by atoms with Crippen molar-refractivity contribution in [1.82, 2.24) is 19.8 Å². The van der Waals surface area contributed by atoms with Crippen LogP contribution in [0.5, 0.6) is 0 Å². The van der Waals surface area contributed by atoms with E-state index in [0.29, 0.717) is 0 Å². The molecule has 1 aliphatic heterocycles. The van der Waals surface area contributed by atoms with E-state index >= 15 is 0 Å². The van der Waals surface area contributed by atoms with Gasteiger partial charge in [0.1, 0.15) is 5.76 Å². The SMILES string of the molecule is Cc1cnn(C[C@@H]2CCCN2C(=O)[C@H](C)c2c(C)noc2C)c1. The van der Waals surface area contributed by atoms with Gasteiger partial charge in [-0.05, 0) is 46.1 Å². The molecule has 0 bridgehead atoms. The number of aryl methyl sites for hydroxylation is 3. The molecule has 0 saturated carbocycles. The number of amides is 1. The quantitative estimate of drug-likeness (QED) is 0.869. The second kappa shape index (κ2) is 6.18. The van der Waals surface area contributed by atoms with Crippen molar-refractivity contribution < 1.29 is 9.32 Å². The van der Waals surface area contributed by atoms with Crippen LogP contribution in [0.4, 0.5) is 0 Å². The van der Waals surface area contributed by atoms with Crippen molar-refractivity contribution >= 4 is 5.91 Å². The minimum atomic E-state index is -0.221. The lowest BCUT2D eigenvalue weighted by Gasteiger charge is -2.27. The summed E-state index contributed by atoms with van der Waals surface area (Å²) >= 11 is 0. The summed E-state index contributed by atoms with van der Waals surface area (Å²) in [4.78, 5) is 15.0. The number of hydrogen-bond acceptors (Lipinski definition) is 4. The molecule has 3 rings (SSSR count). The predicted molar refractivity (Wildman–Crippen MR) is 86.1 cm³/mol. The number of carbonyl (C=O) groups excluding carboxylic acids is 1. The van der Waals surface area contributed by atoms with Crippen LogP contribution in [0.15, 0.2) is 16.9 Å². The van der Waals surface area contributed by atoms with Crippen LogP contribution >= 0.6 is 0 Å². The summed E-state index contributed by atoms with van der Waals surface area (Å²) in [5, 5.41) is 8.33. The minimum Gasteiger partial charge on any atom is -0.361 e. The smallest absolute Gasteiger partial charge is 0.230 e. The molecule has 0 aliphatic carbocycles. The summed E-state index contributed by atoms with van der Waals surface area (Å²) in [7, 11) is 0. The van der Waals surface area contributed by atoms with Crippen molar-refractivity contribution in [1.29, 1.82) is 0 Å². The molecule has 0 aromatic carbocycles. The van der Waals surface area contributed by atoms with Crippen molar-refractivity contribution in [3.8, 4) is 0 Å². The highest BCUT2D eigenvalue weighted by molar-refractivity contribution is 5.84. The van der Waals surface area contributed by atoms with Gasteiger partial charge in [0, 0.05) is 18.3 Å². The molecule has 1 fully saturated rings. The van der Waals surface area contributed by atoms with Gasteiger partial charge in [-0.25, -0.2) is 0 Å². The Morgan fingerprint density at radius 1 is 1.43 bits per heavy atom. The molecule has 0 radical (unpaired) electrons. The standard InChI is InChI=1S/C17H24N4O2/c1-11-8-18-20(9-11)10-15-6-5-7-21(15)17(22)12(2)16-13(3)19-23-14(16)4/h8-9,12,15H,5-7,10H2,1-4H3/t12-,15+/m1/s1. The number of rotatable bonds is 4. The van der Waals surface area contributed by atoms with Crippen LogP contribution in [0.2, 0.25) is 0 Å². The highest BCUT2D eigenvalue weighted by atomic mass is 16.5. The Morgan fingerprint density at radius 3 is 2.83 bits per heavy atom. The van der Waals surface area contributed by atoms with Crippen molar-refractivity contribution in [3.05, 3.63) is 35.0 Å².